The molecule has 1 aromatic carbocycles. The van der Waals surface area contributed by atoms with Crippen molar-refractivity contribution in [1.29, 1.82) is 0 Å². The summed E-state index contributed by atoms with van der Waals surface area (Å²) < 4.78 is 23.8. The van der Waals surface area contributed by atoms with Crippen LogP contribution in [-0.4, -0.2) is 25.4 Å². The van der Waals surface area contributed by atoms with Crippen molar-refractivity contribution in [3.05, 3.63) is 29.8 Å². The topological polar surface area (TPSA) is 54.4 Å². The molecule has 1 atom stereocenters. The lowest BCUT2D eigenvalue weighted by Crippen LogP contribution is -2.14. The first-order chi connectivity index (χ1) is 7.93. The van der Waals surface area contributed by atoms with Crippen LogP contribution < -0.4 is 0 Å². The molecule has 0 aliphatic heterocycles. The molecule has 0 aliphatic rings. The van der Waals surface area contributed by atoms with Gasteiger partial charge in [-0.1, -0.05) is 19.1 Å². The van der Waals surface area contributed by atoms with Gasteiger partial charge in [-0.25, -0.2) is 8.42 Å². The molecule has 1 aromatic rings. The van der Waals surface area contributed by atoms with Crippen LogP contribution >= 0.6 is 0 Å². The Labute approximate surface area is 103 Å². The second-order valence-electron chi connectivity index (χ2n) is 4.45. The molecule has 0 fully saturated rings. The van der Waals surface area contributed by atoms with Gasteiger partial charge in [0.05, 0.1) is 10.1 Å². The third kappa shape index (κ3) is 3.07. The third-order valence-corrected chi connectivity index (χ3v) is 5.18. The lowest BCUT2D eigenvalue weighted by molar-refractivity contribution is 0.262. The van der Waals surface area contributed by atoms with E-state index < -0.39 is 15.1 Å². The molecule has 96 valence electrons. The Balaban J connectivity index is 3.04. The van der Waals surface area contributed by atoms with E-state index in [0.29, 0.717) is 4.90 Å². The van der Waals surface area contributed by atoms with Crippen molar-refractivity contribution in [1.82, 2.24) is 0 Å². The van der Waals surface area contributed by atoms with Gasteiger partial charge in [0.25, 0.3) is 0 Å². The Morgan fingerprint density at radius 3 is 2.06 bits per heavy atom. The molecule has 0 bridgehead atoms. The van der Waals surface area contributed by atoms with Gasteiger partial charge in [0.1, 0.15) is 0 Å². The van der Waals surface area contributed by atoms with Gasteiger partial charge in [-0.2, -0.15) is 0 Å². The van der Waals surface area contributed by atoms with E-state index in [1.54, 1.807) is 38.1 Å². The molecule has 4 heteroatoms. The number of hydrogen-bond acceptors (Lipinski definition) is 3. The maximum absolute atomic E-state index is 11.9. The molecule has 0 saturated heterocycles. The number of aliphatic hydroxyl groups excluding tert-OH is 1. The van der Waals surface area contributed by atoms with Gasteiger partial charge in [-0.3, -0.25) is 0 Å². The minimum Gasteiger partial charge on any atom is -0.396 e. The van der Waals surface area contributed by atoms with Crippen LogP contribution in [0.5, 0.6) is 0 Å². The van der Waals surface area contributed by atoms with Gasteiger partial charge in [0.15, 0.2) is 9.84 Å². The predicted molar refractivity (Wildman–Crippen MR) is 68.9 cm³/mol. The van der Waals surface area contributed by atoms with Crippen molar-refractivity contribution in [2.24, 2.45) is 0 Å². The van der Waals surface area contributed by atoms with Crippen molar-refractivity contribution in [3.63, 3.8) is 0 Å². The highest BCUT2D eigenvalue weighted by molar-refractivity contribution is 7.92. The zero-order valence-electron chi connectivity index (χ0n) is 10.6. The van der Waals surface area contributed by atoms with Crippen LogP contribution in [0.3, 0.4) is 0 Å². The lowest BCUT2D eigenvalue weighted by atomic mass is 9.98. The lowest BCUT2D eigenvalue weighted by Gasteiger charge is -2.13. The standard InChI is InChI=1S/C13H20O3S/c1-4-11(9-14)12-5-7-13(8-6-12)17(15,16)10(2)3/h5-8,10-11,14H,4,9H2,1-3H3. The van der Waals surface area contributed by atoms with Crippen LogP contribution in [0.2, 0.25) is 0 Å². The Bertz CT molecular complexity index is 442. The van der Waals surface area contributed by atoms with E-state index in [2.05, 4.69) is 0 Å². The largest absolute Gasteiger partial charge is 0.396 e. The van der Waals surface area contributed by atoms with Crippen LogP contribution in [0, 0.1) is 0 Å². The number of hydrogen-bond donors (Lipinski definition) is 1. The molecule has 0 amide bonds. The van der Waals surface area contributed by atoms with E-state index in [0.717, 1.165) is 12.0 Å². The second kappa shape index (κ2) is 5.65. The molecule has 1 rings (SSSR count). The Kier molecular flexibility index (Phi) is 4.71. The Morgan fingerprint density at radius 2 is 1.71 bits per heavy atom. The molecule has 0 radical (unpaired) electrons. The summed E-state index contributed by atoms with van der Waals surface area (Å²) in [6, 6.07) is 6.84. The van der Waals surface area contributed by atoms with E-state index in [-0.39, 0.29) is 12.5 Å². The van der Waals surface area contributed by atoms with Crippen LogP contribution in [0.4, 0.5) is 0 Å². The van der Waals surface area contributed by atoms with Crippen LogP contribution in [0.15, 0.2) is 29.2 Å². The zero-order chi connectivity index (χ0) is 13.1. The van der Waals surface area contributed by atoms with Gasteiger partial charge in [-0.15, -0.1) is 0 Å². The van der Waals surface area contributed by atoms with Crippen molar-refractivity contribution in [2.45, 2.75) is 43.3 Å². The van der Waals surface area contributed by atoms with Gasteiger partial charge < -0.3 is 5.11 Å². The van der Waals surface area contributed by atoms with E-state index in [4.69, 9.17) is 0 Å². The summed E-state index contributed by atoms with van der Waals surface area (Å²) in [5.74, 6) is 0.0887. The van der Waals surface area contributed by atoms with Crippen LogP contribution in [-0.2, 0) is 9.84 Å². The third-order valence-electron chi connectivity index (χ3n) is 3.01. The summed E-state index contributed by atoms with van der Waals surface area (Å²) in [5, 5.41) is 8.77. The van der Waals surface area contributed by atoms with E-state index in [9.17, 15) is 13.5 Å². The summed E-state index contributed by atoms with van der Waals surface area (Å²) in [6.07, 6.45) is 0.840. The van der Waals surface area contributed by atoms with Gasteiger partial charge in [0, 0.05) is 12.5 Å². The molecule has 17 heavy (non-hydrogen) atoms. The minimum absolute atomic E-state index is 0.0887. The number of sulfone groups is 1. The highest BCUT2D eigenvalue weighted by Crippen LogP contribution is 2.22. The van der Waals surface area contributed by atoms with Gasteiger partial charge >= 0.3 is 0 Å². The van der Waals surface area contributed by atoms with Gasteiger partial charge in [-0.05, 0) is 38.0 Å². The molecular formula is C13H20O3S. The molecule has 0 spiro atoms. The molecular weight excluding hydrogens is 236 g/mol. The molecule has 0 saturated carbocycles. The summed E-state index contributed by atoms with van der Waals surface area (Å²) in [7, 11) is -3.20. The van der Waals surface area contributed by atoms with Crippen LogP contribution in [0.1, 0.15) is 38.7 Å². The molecule has 0 heterocycles. The van der Waals surface area contributed by atoms with Crippen LogP contribution in [0.25, 0.3) is 0 Å². The fourth-order valence-electron chi connectivity index (χ4n) is 1.67. The van der Waals surface area contributed by atoms with Crippen molar-refractivity contribution in [2.75, 3.05) is 6.61 Å². The summed E-state index contributed by atoms with van der Waals surface area (Å²) in [6.45, 7) is 5.43. The average Bonchev–Trinajstić information content (AvgIpc) is 2.31. The predicted octanol–water partition coefficient (Wildman–Crippen LogP) is 2.35. The molecule has 3 nitrogen and oxygen atoms in total. The first-order valence-corrected chi connectivity index (χ1v) is 7.42. The van der Waals surface area contributed by atoms with Crippen molar-refractivity contribution in [3.8, 4) is 0 Å². The molecule has 0 aliphatic carbocycles. The number of aliphatic hydroxyl groups is 1. The first-order valence-electron chi connectivity index (χ1n) is 5.88. The van der Waals surface area contributed by atoms with E-state index >= 15 is 0 Å². The minimum atomic E-state index is -3.20. The molecule has 0 aromatic heterocycles. The molecule has 1 N–H and O–H groups in total. The van der Waals surface area contributed by atoms with Crippen molar-refractivity contribution >= 4 is 9.84 Å². The molecule has 1 unspecified atom stereocenters. The van der Waals surface area contributed by atoms with Crippen molar-refractivity contribution < 1.29 is 13.5 Å². The summed E-state index contributed by atoms with van der Waals surface area (Å²) >= 11 is 0. The number of rotatable bonds is 5. The fraction of sp³-hybridized carbons (Fsp3) is 0.538. The second-order valence-corrected chi connectivity index (χ2v) is 6.95. The maximum Gasteiger partial charge on any atom is 0.180 e. The monoisotopic (exact) mass is 256 g/mol. The van der Waals surface area contributed by atoms with E-state index in [1.165, 1.54) is 0 Å². The smallest absolute Gasteiger partial charge is 0.180 e. The van der Waals surface area contributed by atoms with Gasteiger partial charge in [0.2, 0.25) is 0 Å². The highest BCUT2D eigenvalue weighted by atomic mass is 32.2. The van der Waals surface area contributed by atoms with E-state index in [1.807, 2.05) is 6.92 Å². The maximum atomic E-state index is 11.9. The SMILES string of the molecule is CCC(CO)c1ccc(S(=O)(=O)C(C)C)cc1. The average molecular weight is 256 g/mol. The number of benzene rings is 1. The fourth-order valence-corrected chi connectivity index (χ4v) is 2.73. The highest BCUT2D eigenvalue weighted by Gasteiger charge is 2.19. The first kappa shape index (κ1) is 14.2. The Hall–Kier alpha value is -0.870. The zero-order valence-corrected chi connectivity index (χ0v) is 11.4. The summed E-state index contributed by atoms with van der Waals surface area (Å²) in [4.78, 5) is 0.351. The normalized spacial score (nSPS) is 13.9. The quantitative estimate of drug-likeness (QED) is 0.880. The Morgan fingerprint density at radius 1 is 1.18 bits per heavy atom. The summed E-state index contributed by atoms with van der Waals surface area (Å²) in [5.41, 5.74) is 0.984.